The molecular weight excluding hydrogens is 363 g/mol. The van der Waals surface area contributed by atoms with Gasteiger partial charge >= 0.3 is 5.97 Å². The van der Waals surface area contributed by atoms with Crippen LogP contribution in [-0.2, 0) is 9.53 Å². The summed E-state index contributed by atoms with van der Waals surface area (Å²) in [6.07, 6.45) is 8.85. The molecule has 2 N–H and O–H groups in total. The van der Waals surface area contributed by atoms with Gasteiger partial charge in [-0.3, -0.25) is 9.69 Å². The zero-order valence-corrected chi connectivity index (χ0v) is 16.0. The second-order valence-corrected chi connectivity index (χ2v) is 7.31. The number of hydrogen-bond donors (Lipinski definition) is 2. The van der Waals surface area contributed by atoms with Crippen molar-refractivity contribution in [3.8, 4) is 0 Å². The fraction of sp³-hybridized carbons (Fsp3) is 0.765. The molecule has 1 atom stereocenters. The maximum Gasteiger partial charge on any atom is 0.312 e. The molecule has 1 spiro atoms. The number of imidazole rings is 1. The van der Waals surface area contributed by atoms with Crippen LogP contribution < -0.4 is 5.32 Å². The van der Waals surface area contributed by atoms with Crippen molar-refractivity contribution in [2.75, 3.05) is 32.7 Å². The highest BCUT2D eigenvalue weighted by Gasteiger charge is 2.49. The molecule has 1 aromatic rings. The van der Waals surface area contributed by atoms with E-state index in [1.165, 1.54) is 0 Å². The fourth-order valence-electron chi connectivity index (χ4n) is 4.43. The number of piperidine rings is 2. The quantitative estimate of drug-likeness (QED) is 0.773. The first-order valence-electron chi connectivity index (χ1n) is 8.89. The number of aromatic nitrogens is 2. The summed E-state index contributed by atoms with van der Waals surface area (Å²) in [5.41, 5.74) is -0.192. The van der Waals surface area contributed by atoms with E-state index in [4.69, 9.17) is 4.74 Å². The minimum absolute atomic E-state index is 0. The number of cyclic esters (lactones) is 1. The van der Waals surface area contributed by atoms with Crippen molar-refractivity contribution in [3.63, 3.8) is 0 Å². The molecule has 8 heteroatoms. The lowest BCUT2D eigenvalue weighted by molar-refractivity contribution is -0.150. The summed E-state index contributed by atoms with van der Waals surface area (Å²) in [4.78, 5) is 22.4. The van der Waals surface area contributed by atoms with E-state index in [0.29, 0.717) is 5.92 Å². The van der Waals surface area contributed by atoms with Crippen molar-refractivity contribution >= 4 is 30.8 Å². The summed E-state index contributed by atoms with van der Waals surface area (Å²) in [6, 6.07) is 0. The van der Waals surface area contributed by atoms with Crippen molar-refractivity contribution in [2.24, 2.45) is 5.41 Å². The highest BCUT2D eigenvalue weighted by Crippen LogP contribution is 2.42. The summed E-state index contributed by atoms with van der Waals surface area (Å²) >= 11 is 0. The molecule has 0 aromatic carbocycles. The van der Waals surface area contributed by atoms with Gasteiger partial charge < -0.3 is 15.0 Å². The Labute approximate surface area is 161 Å². The summed E-state index contributed by atoms with van der Waals surface area (Å²) in [5, 5.41) is 3.34. The van der Waals surface area contributed by atoms with Gasteiger partial charge in [0.05, 0.1) is 5.41 Å². The topological polar surface area (TPSA) is 70.2 Å². The minimum Gasteiger partial charge on any atom is -0.461 e. The molecule has 25 heavy (non-hydrogen) atoms. The molecule has 3 fully saturated rings. The van der Waals surface area contributed by atoms with Gasteiger partial charge in [0, 0.05) is 31.3 Å². The molecule has 4 rings (SSSR count). The third-order valence-corrected chi connectivity index (χ3v) is 5.84. The lowest BCUT2D eigenvalue weighted by atomic mass is 9.76. The van der Waals surface area contributed by atoms with Crippen LogP contribution in [0.5, 0.6) is 0 Å². The number of esters is 1. The van der Waals surface area contributed by atoms with Gasteiger partial charge in [-0.2, -0.15) is 0 Å². The Morgan fingerprint density at radius 2 is 1.96 bits per heavy atom. The SMILES string of the molecule is Cl.Cl.O=C1OC(CN2CCC(c3ncc[nH]3)CC2)CC12CCNCC2. The third-order valence-electron chi connectivity index (χ3n) is 5.84. The number of ether oxygens (including phenoxy) is 1. The van der Waals surface area contributed by atoms with E-state index in [-0.39, 0.29) is 42.3 Å². The van der Waals surface area contributed by atoms with Crippen LogP contribution in [-0.4, -0.2) is 59.7 Å². The van der Waals surface area contributed by atoms with Crippen LogP contribution in [0.25, 0.3) is 0 Å². The molecule has 3 aliphatic heterocycles. The first kappa shape index (κ1) is 20.5. The first-order valence-corrected chi connectivity index (χ1v) is 8.89. The number of aromatic amines is 1. The maximum absolute atomic E-state index is 12.3. The average Bonchev–Trinajstić information content (AvgIpc) is 3.19. The summed E-state index contributed by atoms with van der Waals surface area (Å²) in [7, 11) is 0. The van der Waals surface area contributed by atoms with Crippen molar-refractivity contribution in [3.05, 3.63) is 18.2 Å². The monoisotopic (exact) mass is 390 g/mol. The minimum atomic E-state index is -0.192. The zero-order chi connectivity index (χ0) is 15.7. The molecule has 3 saturated heterocycles. The third kappa shape index (κ3) is 4.30. The number of nitrogens with one attached hydrogen (secondary N) is 2. The van der Waals surface area contributed by atoms with E-state index in [1.807, 2.05) is 12.4 Å². The summed E-state index contributed by atoms with van der Waals surface area (Å²) in [5.74, 6) is 1.71. The van der Waals surface area contributed by atoms with Gasteiger partial charge in [0.25, 0.3) is 0 Å². The van der Waals surface area contributed by atoms with Crippen molar-refractivity contribution in [2.45, 2.75) is 44.1 Å². The van der Waals surface area contributed by atoms with Crippen LogP contribution in [0.15, 0.2) is 12.4 Å². The number of carbonyl (C=O) groups excluding carboxylic acids is 1. The Kier molecular flexibility index (Phi) is 7.14. The molecule has 0 saturated carbocycles. The zero-order valence-electron chi connectivity index (χ0n) is 14.4. The van der Waals surface area contributed by atoms with E-state index in [1.54, 1.807) is 0 Å². The van der Waals surface area contributed by atoms with Crippen LogP contribution in [0.3, 0.4) is 0 Å². The standard InChI is InChI=1S/C17H26N4O2.2ClH/c22-16-17(3-5-18-6-4-17)11-14(23-16)12-21-9-1-13(2-10-21)15-19-7-8-20-15;;/h7-8,13-14,18H,1-6,9-12H2,(H,19,20);2*1H. The molecule has 0 radical (unpaired) electrons. The predicted molar refractivity (Wildman–Crippen MR) is 101 cm³/mol. The Bertz CT molecular complexity index is 541. The van der Waals surface area contributed by atoms with Crippen LogP contribution in [0.4, 0.5) is 0 Å². The maximum atomic E-state index is 12.3. The van der Waals surface area contributed by atoms with E-state index in [0.717, 1.165) is 70.7 Å². The second kappa shape index (κ2) is 8.71. The second-order valence-electron chi connectivity index (χ2n) is 7.31. The Balaban J connectivity index is 0.00000113. The van der Waals surface area contributed by atoms with Gasteiger partial charge in [-0.05, 0) is 51.9 Å². The summed E-state index contributed by atoms with van der Waals surface area (Å²) in [6.45, 7) is 4.90. The molecule has 0 bridgehead atoms. The molecule has 6 nitrogen and oxygen atoms in total. The molecule has 1 aromatic heterocycles. The van der Waals surface area contributed by atoms with Gasteiger partial charge in [0.1, 0.15) is 11.9 Å². The number of H-pyrrole nitrogens is 1. The largest absolute Gasteiger partial charge is 0.461 e. The van der Waals surface area contributed by atoms with Gasteiger partial charge in [-0.25, -0.2) is 4.98 Å². The van der Waals surface area contributed by atoms with Gasteiger partial charge in [0.2, 0.25) is 0 Å². The molecular formula is C17H28Cl2N4O2. The number of carbonyl (C=O) groups is 1. The number of hydrogen-bond acceptors (Lipinski definition) is 5. The molecule has 4 heterocycles. The van der Waals surface area contributed by atoms with Crippen molar-refractivity contribution in [1.29, 1.82) is 0 Å². The predicted octanol–water partition coefficient (Wildman–Crippen LogP) is 2.12. The van der Waals surface area contributed by atoms with Crippen LogP contribution >= 0.6 is 24.8 Å². The lowest BCUT2D eigenvalue weighted by Gasteiger charge is -2.33. The van der Waals surface area contributed by atoms with Crippen LogP contribution in [0, 0.1) is 5.41 Å². The van der Waals surface area contributed by atoms with E-state index in [2.05, 4.69) is 20.2 Å². The van der Waals surface area contributed by atoms with Crippen molar-refractivity contribution in [1.82, 2.24) is 20.2 Å². The molecule has 0 amide bonds. The van der Waals surface area contributed by atoms with Crippen LogP contribution in [0.1, 0.15) is 43.8 Å². The Hall–Kier alpha value is -0.820. The number of halogens is 2. The number of likely N-dealkylation sites (tertiary alicyclic amines) is 1. The smallest absolute Gasteiger partial charge is 0.312 e. The van der Waals surface area contributed by atoms with Gasteiger partial charge in [-0.1, -0.05) is 0 Å². The fourth-order valence-corrected chi connectivity index (χ4v) is 4.43. The Morgan fingerprint density at radius 3 is 2.60 bits per heavy atom. The number of rotatable bonds is 3. The van der Waals surface area contributed by atoms with Gasteiger partial charge in [0.15, 0.2) is 0 Å². The highest BCUT2D eigenvalue weighted by molar-refractivity contribution is 5.85. The molecule has 3 aliphatic rings. The van der Waals surface area contributed by atoms with Crippen LogP contribution in [0.2, 0.25) is 0 Å². The summed E-state index contributed by atoms with van der Waals surface area (Å²) < 4.78 is 5.73. The van der Waals surface area contributed by atoms with E-state index in [9.17, 15) is 4.79 Å². The lowest BCUT2D eigenvalue weighted by Crippen LogP contribution is -2.40. The Morgan fingerprint density at radius 1 is 1.24 bits per heavy atom. The van der Waals surface area contributed by atoms with E-state index < -0.39 is 0 Å². The first-order chi connectivity index (χ1) is 11.3. The highest BCUT2D eigenvalue weighted by atomic mass is 35.5. The molecule has 0 aliphatic carbocycles. The number of nitrogens with zero attached hydrogens (tertiary/aromatic N) is 2. The molecule has 142 valence electrons. The van der Waals surface area contributed by atoms with Crippen molar-refractivity contribution < 1.29 is 9.53 Å². The normalized spacial score (nSPS) is 26.7. The molecule has 1 unspecified atom stereocenters. The van der Waals surface area contributed by atoms with Gasteiger partial charge in [-0.15, -0.1) is 24.8 Å². The average molecular weight is 391 g/mol. The van der Waals surface area contributed by atoms with E-state index >= 15 is 0 Å².